The molecule has 0 aliphatic carbocycles. The molecule has 2 unspecified atom stereocenters. The lowest BCUT2D eigenvalue weighted by atomic mass is 10.3. The molecule has 0 aromatic carbocycles. The van der Waals surface area contributed by atoms with Crippen LogP contribution in [0, 0.1) is 0 Å². The molecule has 1 saturated heterocycles. The Labute approximate surface area is 97.7 Å². The summed E-state index contributed by atoms with van der Waals surface area (Å²) >= 11 is 0. The molecule has 0 saturated carbocycles. The first-order valence-corrected chi connectivity index (χ1v) is 5.80. The Balaban J connectivity index is 2.29. The Kier molecular flexibility index (Phi) is 5.18. The second-order valence-electron chi connectivity index (χ2n) is 4.39. The number of hydrogen-bond donors (Lipinski definition) is 1. The van der Waals surface area contributed by atoms with Crippen LogP contribution in [0.1, 0.15) is 13.8 Å². The highest BCUT2D eigenvalue weighted by molar-refractivity contribution is 5.83. The lowest BCUT2D eigenvalue weighted by molar-refractivity contribution is -0.129. The van der Waals surface area contributed by atoms with Gasteiger partial charge in [-0.1, -0.05) is 0 Å². The molecule has 0 aromatic heterocycles. The molecule has 5 nitrogen and oxygen atoms in total. The van der Waals surface area contributed by atoms with E-state index in [0.717, 1.165) is 26.2 Å². The van der Waals surface area contributed by atoms with E-state index in [1.807, 2.05) is 25.8 Å². The SMILES string of the molecule is COCCN(C)CCN1C(=O)C(C)NC1C. The van der Waals surface area contributed by atoms with Crippen LogP contribution < -0.4 is 5.32 Å². The van der Waals surface area contributed by atoms with Crippen LogP contribution in [0.2, 0.25) is 0 Å². The molecule has 0 spiro atoms. The van der Waals surface area contributed by atoms with Crippen LogP contribution in [-0.2, 0) is 9.53 Å². The van der Waals surface area contributed by atoms with Gasteiger partial charge in [-0.15, -0.1) is 0 Å². The minimum absolute atomic E-state index is 0.0423. The number of nitrogens with one attached hydrogen (secondary N) is 1. The highest BCUT2D eigenvalue weighted by atomic mass is 16.5. The normalized spacial score (nSPS) is 25.8. The third-order valence-corrected chi connectivity index (χ3v) is 3.01. The molecule has 1 N–H and O–H groups in total. The Hall–Kier alpha value is -0.650. The van der Waals surface area contributed by atoms with Gasteiger partial charge in [-0.3, -0.25) is 10.1 Å². The zero-order valence-corrected chi connectivity index (χ0v) is 10.7. The molecule has 5 heteroatoms. The molecular weight excluding hydrogens is 206 g/mol. The monoisotopic (exact) mass is 229 g/mol. The quantitative estimate of drug-likeness (QED) is 0.681. The molecular formula is C11H23N3O2. The Bertz CT molecular complexity index is 235. The van der Waals surface area contributed by atoms with Crippen molar-refractivity contribution in [2.24, 2.45) is 0 Å². The topological polar surface area (TPSA) is 44.8 Å². The summed E-state index contributed by atoms with van der Waals surface area (Å²) in [5, 5.41) is 3.22. The van der Waals surface area contributed by atoms with Crippen LogP contribution in [-0.4, -0.2) is 68.3 Å². The molecule has 1 aliphatic rings. The van der Waals surface area contributed by atoms with Crippen molar-refractivity contribution < 1.29 is 9.53 Å². The molecule has 0 aromatic rings. The molecule has 1 rings (SSSR count). The van der Waals surface area contributed by atoms with Gasteiger partial charge in [0, 0.05) is 26.7 Å². The predicted molar refractivity (Wildman–Crippen MR) is 63.1 cm³/mol. The van der Waals surface area contributed by atoms with E-state index in [1.54, 1.807) is 7.11 Å². The maximum absolute atomic E-state index is 11.8. The van der Waals surface area contributed by atoms with Gasteiger partial charge in [0.1, 0.15) is 0 Å². The fourth-order valence-electron chi connectivity index (χ4n) is 1.90. The van der Waals surface area contributed by atoms with E-state index in [9.17, 15) is 4.79 Å². The number of rotatable bonds is 6. The smallest absolute Gasteiger partial charge is 0.240 e. The van der Waals surface area contributed by atoms with E-state index >= 15 is 0 Å². The van der Waals surface area contributed by atoms with Crippen molar-refractivity contribution in [2.45, 2.75) is 26.1 Å². The van der Waals surface area contributed by atoms with Crippen LogP contribution in [0.4, 0.5) is 0 Å². The van der Waals surface area contributed by atoms with Gasteiger partial charge in [0.05, 0.1) is 18.8 Å². The second-order valence-corrected chi connectivity index (χ2v) is 4.39. The number of hydrogen-bond acceptors (Lipinski definition) is 4. The average Bonchev–Trinajstić information content (AvgIpc) is 2.48. The Morgan fingerprint density at radius 2 is 2.12 bits per heavy atom. The van der Waals surface area contributed by atoms with Crippen LogP contribution in [0.25, 0.3) is 0 Å². The van der Waals surface area contributed by atoms with Crippen molar-refractivity contribution in [3.8, 4) is 0 Å². The minimum atomic E-state index is -0.0423. The van der Waals surface area contributed by atoms with Crippen molar-refractivity contribution in [3.05, 3.63) is 0 Å². The van der Waals surface area contributed by atoms with Gasteiger partial charge in [0.2, 0.25) is 5.91 Å². The highest BCUT2D eigenvalue weighted by Gasteiger charge is 2.32. The van der Waals surface area contributed by atoms with Gasteiger partial charge in [0.15, 0.2) is 0 Å². The lowest BCUT2D eigenvalue weighted by Crippen LogP contribution is -2.40. The molecule has 1 aliphatic heterocycles. The highest BCUT2D eigenvalue weighted by Crippen LogP contribution is 2.09. The predicted octanol–water partition coefficient (Wildman–Crippen LogP) is -0.269. The summed E-state index contributed by atoms with van der Waals surface area (Å²) in [7, 11) is 3.74. The summed E-state index contributed by atoms with van der Waals surface area (Å²) in [5.41, 5.74) is 0. The number of amides is 1. The van der Waals surface area contributed by atoms with Gasteiger partial charge >= 0.3 is 0 Å². The van der Waals surface area contributed by atoms with Crippen molar-refractivity contribution in [2.75, 3.05) is 40.4 Å². The van der Waals surface area contributed by atoms with Crippen molar-refractivity contribution in [1.29, 1.82) is 0 Å². The minimum Gasteiger partial charge on any atom is -0.383 e. The second kappa shape index (κ2) is 6.18. The van der Waals surface area contributed by atoms with E-state index in [4.69, 9.17) is 4.74 Å². The third kappa shape index (κ3) is 3.43. The standard InChI is InChI=1S/C11H23N3O2/c1-9-11(15)14(10(2)12-9)6-5-13(3)7-8-16-4/h9-10,12H,5-8H2,1-4H3. The van der Waals surface area contributed by atoms with Gasteiger partial charge in [-0.25, -0.2) is 0 Å². The number of nitrogens with zero attached hydrogens (tertiary/aromatic N) is 2. The number of methoxy groups -OCH3 is 1. The summed E-state index contributed by atoms with van der Waals surface area (Å²) in [6, 6.07) is -0.0423. The van der Waals surface area contributed by atoms with Gasteiger partial charge in [0.25, 0.3) is 0 Å². The molecule has 2 atom stereocenters. The van der Waals surface area contributed by atoms with Crippen LogP contribution >= 0.6 is 0 Å². The molecule has 1 fully saturated rings. The molecule has 0 bridgehead atoms. The summed E-state index contributed by atoms with van der Waals surface area (Å²) in [5.74, 6) is 0.202. The first-order chi connectivity index (χ1) is 7.56. The van der Waals surface area contributed by atoms with E-state index in [1.165, 1.54) is 0 Å². The fourth-order valence-corrected chi connectivity index (χ4v) is 1.90. The van der Waals surface area contributed by atoms with Gasteiger partial charge in [-0.05, 0) is 20.9 Å². The maximum Gasteiger partial charge on any atom is 0.240 e. The average molecular weight is 229 g/mol. The van der Waals surface area contributed by atoms with E-state index in [2.05, 4.69) is 10.2 Å². The zero-order valence-electron chi connectivity index (χ0n) is 10.7. The summed E-state index contributed by atoms with van der Waals surface area (Å²) in [4.78, 5) is 15.8. The number of likely N-dealkylation sites (N-methyl/N-ethyl adjacent to an activating group) is 1. The van der Waals surface area contributed by atoms with Crippen molar-refractivity contribution in [1.82, 2.24) is 15.1 Å². The van der Waals surface area contributed by atoms with Crippen molar-refractivity contribution in [3.63, 3.8) is 0 Å². The first-order valence-electron chi connectivity index (χ1n) is 5.80. The third-order valence-electron chi connectivity index (χ3n) is 3.01. The van der Waals surface area contributed by atoms with Crippen molar-refractivity contribution >= 4 is 5.91 Å². The summed E-state index contributed by atoms with van der Waals surface area (Å²) < 4.78 is 5.01. The maximum atomic E-state index is 11.8. The molecule has 16 heavy (non-hydrogen) atoms. The number of ether oxygens (including phenoxy) is 1. The van der Waals surface area contributed by atoms with Crippen LogP contribution in [0.3, 0.4) is 0 Å². The first kappa shape index (κ1) is 13.4. The summed E-state index contributed by atoms with van der Waals surface area (Å²) in [6.45, 7) is 7.22. The van der Waals surface area contributed by atoms with Gasteiger partial charge < -0.3 is 14.5 Å². The van der Waals surface area contributed by atoms with Gasteiger partial charge in [-0.2, -0.15) is 0 Å². The Morgan fingerprint density at radius 1 is 1.44 bits per heavy atom. The lowest BCUT2D eigenvalue weighted by Gasteiger charge is -2.24. The fraction of sp³-hybridized carbons (Fsp3) is 0.909. The van der Waals surface area contributed by atoms with E-state index in [-0.39, 0.29) is 18.1 Å². The van der Waals surface area contributed by atoms with E-state index in [0.29, 0.717) is 0 Å². The molecule has 94 valence electrons. The summed E-state index contributed by atoms with van der Waals surface area (Å²) in [6.07, 6.45) is 0.151. The molecule has 1 amide bonds. The van der Waals surface area contributed by atoms with Crippen LogP contribution in [0.5, 0.6) is 0 Å². The number of carbonyl (C=O) groups excluding carboxylic acids is 1. The largest absolute Gasteiger partial charge is 0.383 e. The number of carbonyl (C=O) groups is 1. The molecule has 1 heterocycles. The van der Waals surface area contributed by atoms with Crippen LogP contribution in [0.15, 0.2) is 0 Å². The Morgan fingerprint density at radius 3 is 2.62 bits per heavy atom. The van der Waals surface area contributed by atoms with E-state index < -0.39 is 0 Å². The molecule has 0 radical (unpaired) electrons. The zero-order chi connectivity index (χ0) is 12.1.